The Hall–Kier alpha value is -1.79. The molecule has 1 atom stereocenters. The third-order valence-corrected chi connectivity index (χ3v) is 5.03. The molecule has 0 amide bonds. The summed E-state index contributed by atoms with van der Waals surface area (Å²) in [6.07, 6.45) is 8.64. The number of hydrogen-bond donors (Lipinski definition) is 0. The van der Waals surface area contributed by atoms with Crippen molar-refractivity contribution in [3.05, 3.63) is 41.8 Å². The highest BCUT2D eigenvalue weighted by Crippen LogP contribution is 2.38. The molecule has 0 N–H and O–H groups in total. The number of rotatable bonds is 6. The smallest absolute Gasteiger partial charge is 0.229 e. The molecule has 0 unspecified atom stereocenters. The van der Waals surface area contributed by atoms with E-state index in [-0.39, 0.29) is 0 Å². The Balaban J connectivity index is 1.32. The van der Waals surface area contributed by atoms with Crippen molar-refractivity contribution in [2.24, 2.45) is 0 Å². The van der Waals surface area contributed by atoms with Gasteiger partial charge in [0.1, 0.15) is 0 Å². The zero-order valence-electron chi connectivity index (χ0n) is 14.3. The highest BCUT2D eigenvalue weighted by Gasteiger charge is 2.30. The van der Waals surface area contributed by atoms with Crippen LogP contribution in [0.5, 0.6) is 0 Å². The molecule has 2 aliphatic rings. The van der Waals surface area contributed by atoms with Crippen LogP contribution in [0.2, 0.25) is 0 Å². The molecular formula is C18H25N5O. The predicted octanol–water partition coefficient (Wildman–Crippen LogP) is 2.44. The number of likely N-dealkylation sites (tertiary alicyclic amines) is 1. The van der Waals surface area contributed by atoms with Gasteiger partial charge in [-0.05, 0) is 50.9 Å². The molecule has 6 heteroatoms. The lowest BCUT2D eigenvalue weighted by Gasteiger charge is -2.37. The van der Waals surface area contributed by atoms with E-state index in [9.17, 15) is 0 Å². The summed E-state index contributed by atoms with van der Waals surface area (Å²) in [6.45, 7) is 3.92. The lowest BCUT2D eigenvalue weighted by atomic mass is 10.0. The van der Waals surface area contributed by atoms with Crippen molar-refractivity contribution in [2.75, 3.05) is 20.1 Å². The van der Waals surface area contributed by atoms with Crippen molar-refractivity contribution < 1.29 is 4.52 Å². The minimum absolute atomic E-state index is 0.533. The predicted molar refractivity (Wildman–Crippen MR) is 90.3 cm³/mol. The largest absolute Gasteiger partial charge is 0.339 e. The Morgan fingerprint density at radius 2 is 2.25 bits per heavy atom. The second kappa shape index (κ2) is 6.99. The number of piperidine rings is 1. The van der Waals surface area contributed by atoms with Gasteiger partial charge in [-0.1, -0.05) is 11.2 Å². The molecule has 24 heavy (non-hydrogen) atoms. The molecule has 4 rings (SSSR count). The fourth-order valence-corrected chi connectivity index (χ4v) is 3.47. The van der Waals surface area contributed by atoms with Gasteiger partial charge in [0.2, 0.25) is 5.89 Å². The molecule has 2 aromatic rings. The van der Waals surface area contributed by atoms with Crippen molar-refractivity contribution in [1.29, 1.82) is 0 Å². The average molecular weight is 327 g/mol. The van der Waals surface area contributed by atoms with Crippen LogP contribution in [-0.2, 0) is 13.1 Å². The Kier molecular flexibility index (Phi) is 4.58. The van der Waals surface area contributed by atoms with Gasteiger partial charge in [-0.3, -0.25) is 14.8 Å². The molecule has 1 aliphatic carbocycles. The first-order valence-corrected chi connectivity index (χ1v) is 8.92. The van der Waals surface area contributed by atoms with E-state index in [0.29, 0.717) is 12.0 Å². The maximum atomic E-state index is 5.38. The first kappa shape index (κ1) is 15.7. The van der Waals surface area contributed by atoms with E-state index in [0.717, 1.165) is 37.9 Å². The van der Waals surface area contributed by atoms with Crippen LogP contribution >= 0.6 is 0 Å². The van der Waals surface area contributed by atoms with Crippen molar-refractivity contribution >= 4 is 0 Å². The lowest BCUT2D eigenvalue weighted by molar-refractivity contribution is 0.105. The Morgan fingerprint density at radius 3 is 3.04 bits per heavy atom. The van der Waals surface area contributed by atoms with Crippen LogP contribution in [0.1, 0.15) is 48.9 Å². The van der Waals surface area contributed by atoms with E-state index in [1.165, 1.54) is 31.2 Å². The molecule has 128 valence electrons. The molecule has 6 nitrogen and oxygen atoms in total. The summed E-state index contributed by atoms with van der Waals surface area (Å²) in [5, 5.41) is 4.16. The molecular weight excluding hydrogens is 302 g/mol. The molecule has 2 fully saturated rings. The third-order valence-electron chi connectivity index (χ3n) is 5.03. The molecule has 0 bridgehead atoms. The number of hydrogen-bond acceptors (Lipinski definition) is 6. The maximum Gasteiger partial charge on any atom is 0.229 e. The van der Waals surface area contributed by atoms with Crippen molar-refractivity contribution in [3.8, 4) is 0 Å². The van der Waals surface area contributed by atoms with Crippen LogP contribution in [0.4, 0.5) is 0 Å². The number of nitrogens with zero attached hydrogens (tertiary/aromatic N) is 5. The molecule has 0 radical (unpaired) electrons. The van der Waals surface area contributed by atoms with Crippen molar-refractivity contribution in [1.82, 2.24) is 24.9 Å². The van der Waals surface area contributed by atoms with Gasteiger partial charge in [-0.15, -0.1) is 0 Å². The van der Waals surface area contributed by atoms with Crippen molar-refractivity contribution in [2.45, 2.75) is 50.7 Å². The van der Waals surface area contributed by atoms with Crippen LogP contribution < -0.4 is 0 Å². The Labute approximate surface area is 142 Å². The summed E-state index contributed by atoms with van der Waals surface area (Å²) < 4.78 is 5.38. The molecule has 0 spiro atoms. The van der Waals surface area contributed by atoms with Gasteiger partial charge in [0, 0.05) is 37.4 Å². The van der Waals surface area contributed by atoms with Gasteiger partial charge >= 0.3 is 0 Å². The van der Waals surface area contributed by atoms with E-state index < -0.39 is 0 Å². The van der Waals surface area contributed by atoms with Crippen LogP contribution in [0.3, 0.4) is 0 Å². The quantitative estimate of drug-likeness (QED) is 0.812. The van der Waals surface area contributed by atoms with E-state index in [1.54, 1.807) is 0 Å². The second-order valence-electron chi connectivity index (χ2n) is 7.13. The minimum atomic E-state index is 0.533. The van der Waals surface area contributed by atoms with Gasteiger partial charge in [0.05, 0.1) is 6.54 Å². The topological polar surface area (TPSA) is 58.3 Å². The van der Waals surface area contributed by atoms with Crippen LogP contribution in [0.15, 0.2) is 29.0 Å². The zero-order valence-corrected chi connectivity index (χ0v) is 14.3. The SMILES string of the molecule is CN(Cc1cccnc1)[C@@H]1CCCN(Cc2noc(C3CC3)n2)C1. The van der Waals surface area contributed by atoms with E-state index >= 15 is 0 Å². The highest BCUT2D eigenvalue weighted by molar-refractivity contribution is 5.08. The number of aromatic nitrogens is 3. The van der Waals surface area contributed by atoms with E-state index in [2.05, 4.69) is 38.0 Å². The summed E-state index contributed by atoms with van der Waals surface area (Å²) in [5.41, 5.74) is 1.27. The van der Waals surface area contributed by atoms with Gasteiger partial charge < -0.3 is 4.52 Å². The van der Waals surface area contributed by atoms with E-state index in [1.807, 2.05) is 18.5 Å². The first-order chi connectivity index (χ1) is 11.8. The van der Waals surface area contributed by atoms with Gasteiger partial charge in [-0.25, -0.2) is 0 Å². The van der Waals surface area contributed by atoms with Gasteiger partial charge in [0.15, 0.2) is 5.82 Å². The van der Waals surface area contributed by atoms with Gasteiger partial charge in [-0.2, -0.15) is 4.98 Å². The summed E-state index contributed by atoms with van der Waals surface area (Å²) in [5.74, 6) is 2.21. The third kappa shape index (κ3) is 3.82. The maximum absolute atomic E-state index is 5.38. The molecule has 0 aromatic carbocycles. The fraction of sp³-hybridized carbons (Fsp3) is 0.611. The first-order valence-electron chi connectivity index (χ1n) is 8.92. The lowest BCUT2D eigenvalue weighted by Crippen LogP contribution is -2.45. The Bertz CT molecular complexity index is 654. The standard InChI is InChI=1S/C18H25N5O/c1-22(11-14-4-2-8-19-10-14)16-5-3-9-23(12-16)13-17-20-18(24-21-17)15-6-7-15/h2,4,8,10,15-16H,3,5-7,9,11-13H2,1H3/t16-/m1/s1. The molecule has 1 aliphatic heterocycles. The molecule has 2 aromatic heterocycles. The summed E-state index contributed by atoms with van der Waals surface area (Å²) in [7, 11) is 2.21. The minimum Gasteiger partial charge on any atom is -0.339 e. The fourth-order valence-electron chi connectivity index (χ4n) is 3.47. The Morgan fingerprint density at radius 1 is 1.33 bits per heavy atom. The number of pyridine rings is 1. The van der Waals surface area contributed by atoms with Crippen LogP contribution in [0.25, 0.3) is 0 Å². The van der Waals surface area contributed by atoms with Crippen LogP contribution in [-0.4, -0.2) is 51.1 Å². The normalized spacial score (nSPS) is 22.2. The van der Waals surface area contributed by atoms with E-state index in [4.69, 9.17) is 4.52 Å². The average Bonchev–Trinajstić information content (AvgIpc) is 3.36. The second-order valence-corrected chi connectivity index (χ2v) is 7.13. The molecule has 1 saturated carbocycles. The number of likely N-dealkylation sites (N-methyl/N-ethyl adjacent to an activating group) is 1. The summed E-state index contributed by atoms with van der Waals surface area (Å²) >= 11 is 0. The highest BCUT2D eigenvalue weighted by atomic mass is 16.5. The van der Waals surface area contributed by atoms with Crippen molar-refractivity contribution in [3.63, 3.8) is 0 Å². The molecule has 3 heterocycles. The molecule has 1 saturated heterocycles. The summed E-state index contributed by atoms with van der Waals surface area (Å²) in [4.78, 5) is 13.7. The summed E-state index contributed by atoms with van der Waals surface area (Å²) in [6, 6.07) is 4.71. The van der Waals surface area contributed by atoms with Crippen LogP contribution in [0, 0.1) is 0 Å². The van der Waals surface area contributed by atoms with Gasteiger partial charge in [0.25, 0.3) is 0 Å². The zero-order chi connectivity index (χ0) is 16.4. The monoisotopic (exact) mass is 327 g/mol.